The Bertz CT molecular complexity index is 655. The van der Waals surface area contributed by atoms with Gasteiger partial charge in [0.05, 0.1) is 6.54 Å². The molecule has 0 heterocycles. The van der Waals surface area contributed by atoms with E-state index in [9.17, 15) is 9.90 Å². The van der Waals surface area contributed by atoms with E-state index in [1.54, 1.807) is 55.5 Å². The summed E-state index contributed by atoms with van der Waals surface area (Å²) in [6.45, 7) is 1.55. The van der Waals surface area contributed by atoms with E-state index in [1.807, 2.05) is 0 Å². The Morgan fingerprint density at radius 2 is 1.61 bits per heavy atom. The second kappa shape index (κ2) is 7.68. The van der Waals surface area contributed by atoms with Crippen LogP contribution in [0, 0.1) is 0 Å². The topological polar surface area (TPSA) is 58.6 Å². The average Bonchev–Trinajstić information content (AvgIpc) is 2.53. The molecule has 122 valence electrons. The number of hydrogen-bond donors (Lipinski definition) is 2. The van der Waals surface area contributed by atoms with Gasteiger partial charge in [-0.25, -0.2) is 0 Å². The molecule has 0 radical (unpaired) electrons. The molecule has 23 heavy (non-hydrogen) atoms. The zero-order valence-electron chi connectivity index (χ0n) is 12.6. The third-order valence-electron chi connectivity index (χ3n) is 3.28. The first-order valence-corrected chi connectivity index (χ1v) is 7.76. The van der Waals surface area contributed by atoms with Crippen molar-refractivity contribution >= 4 is 29.1 Å². The monoisotopic (exact) mass is 353 g/mol. The van der Waals surface area contributed by atoms with Crippen molar-refractivity contribution in [2.75, 3.05) is 13.2 Å². The minimum absolute atomic E-state index is 0.0669. The first-order valence-electron chi connectivity index (χ1n) is 7.00. The van der Waals surface area contributed by atoms with E-state index >= 15 is 0 Å². The fourth-order valence-electron chi connectivity index (χ4n) is 1.91. The largest absolute Gasteiger partial charge is 0.484 e. The molecule has 0 bridgehead atoms. The summed E-state index contributed by atoms with van der Waals surface area (Å²) in [5.74, 6) is 0.225. The number of benzene rings is 2. The summed E-state index contributed by atoms with van der Waals surface area (Å²) in [4.78, 5) is 11.8. The van der Waals surface area contributed by atoms with Gasteiger partial charge in [-0.15, -0.1) is 0 Å². The molecule has 4 nitrogen and oxygen atoms in total. The summed E-state index contributed by atoms with van der Waals surface area (Å²) < 4.78 is 5.34. The number of nitrogens with one attached hydrogen (secondary N) is 1. The first kappa shape index (κ1) is 17.6. The molecule has 6 heteroatoms. The van der Waals surface area contributed by atoms with Crippen molar-refractivity contribution in [3.8, 4) is 5.75 Å². The predicted octanol–water partition coefficient (Wildman–Crippen LogP) is 3.40. The average molecular weight is 354 g/mol. The normalized spacial score (nSPS) is 13.2. The van der Waals surface area contributed by atoms with Crippen LogP contribution in [0.25, 0.3) is 0 Å². The zero-order chi connectivity index (χ0) is 16.9. The van der Waals surface area contributed by atoms with Crippen LogP contribution in [0.15, 0.2) is 48.5 Å². The molecule has 0 spiro atoms. The number of amides is 1. The fourth-order valence-corrected chi connectivity index (χ4v) is 2.16. The highest BCUT2D eigenvalue weighted by Crippen LogP contribution is 2.21. The SMILES string of the molecule is CC(O)(CNC(=O)COc1ccc(Cl)cc1)c1ccc(Cl)cc1. The highest BCUT2D eigenvalue weighted by molar-refractivity contribution is 6.30. The van der Waals surface area contributed by atoms with E-state index in [-0.39, 0.29) is 19.1 Å². The Morgan fingerprint density at radius 1 is 1.09 bits per heavy atom. The fraction of sp³-hybridized carbons (Fsp3) is 0.235. The van der Waals surface area contributed by atoms with Gasteiger partial charge in [0.2, 0.25) is 0 Å². The van der Waals surface area contributed by atoms with E-state index in [1.165, 1.54) is 0 Å². The van der Waals surface area contributed by atoms with Crippen LogP contribution >= 0.6 is 23.2 Å². The van der Waals surface area contributed by atoms with Gasteiger partial charge >= 0.3 is 0 Å². The number of carbonyl (C=O) groups excluding carboxylic acids is 1. The Labute approximate surface area is 145 Å². The standard InChI is InChI=1S/C17H17Cl2NO3/c1-17(22,12-2-4-13(18)5-3-12)11-20-16(21)10-23-15-8-6-14(19)7-9-15/h2-9,22H,10-11H2,1H3,(H,20,21). The smallest absolute Gasteiger partial charge is 0.258 e. The number of ether oxygens (including phenoxy) is 1. The molecule has 2 aromatic rings. The van der Waals surface area contributed by atoms with Crippen LogP contribution < -0.4 is 10.1 Å². The third kappa shape index (κ3) is 5.43. The predicted molar refractivity (Wildman–Crippen MR) is 91.0 cm³/mol. The maximum absolute atomic E-state index is 11.8. The molecule has 2 aromatic carbocycles. The molecule has 1 amide bonds. The van der Waals surface area contributed by atoms with Gasteiger partial charge in [-0.3, -0.25) is 4.79 Å². The van der Waals surface area contributed by atoms with Gasteiger partial charge in [0.1, 0.15) is 11.4 Å². The number of aliphatic hydroxyl groups is 1. The molecule has 0 saturated carbocycles. The molecule has 0 aliphatic rings. The molecule has 0 aromatic heterocycles. The van der Waals surface area contributed by atoms with Crippen LogP contribution in [0.3, 0.4) is 0 Å². The lowest BCUT2D eigenvalue weighted by molar-refractivity contribution is -0.124. The van der Waals surface area contributed by atoms with Gasteiger partial charge in [-0.2, -0.15) is 0 Å². The summed E-state index contributed by atoms with van der Waals surface area (Å²) >= 11 is 11.6. The van der Waals surface area contributed by atoms with Gasteiger partial charge in [0.15, 0.2) is 6.61 Å². The quantitative estimate of drug-likeness (QED) is 0.836. The van der Waals surface area contributed by atoms with Crippen molar-refractivity contribution < 1.29 is 14.6 Å². The van der Waals surface area contributed by atoms with Gasteiger partial charge in [0.25, 0.3) is 5.91 Å². The van der Waals surface area contributed by atoms with Crippen LogP contribution in [-0.4, -0.2) is 24.2 Å². The minimum Gasteiger partial charge on any atom is -0.484 e. The first-order chi connectivity index (χ1) is 10.9. The summed E-state index contributed by atoms with van der Waals surface area (Å²) in [6, 6.07) is 13.5. The number of hydrogen-bond acceptors (Lipinski definition) is 3. The van der Waals surface area contributed by atoms with Crippen molar-refractivity contribution in [3.63, 3.8) is 0 Å². The van der Waals surface area contributed by atoms with Crippen molar-refractivity contribution in [1.82, 2.24) is 5.32 Å². The van der Waals surface area contributed by atoms with Crippen molar-refractivity contribution in [2.24, 2.45) is 0 Å². The summed E-state index contributed by atoms with van der Waals surface area (Å²) in [7, 11) is 0. The lowest BCUT2D eigenvalue weighted by Gasteiger charge is -2.24. The van der Waals surface area contributed by atoms with Crippen LogP contribution in [0.1, 0.15) is 12.5 Å². The minimum atomic E-state index is -1.19. The van der Waals surface area contributed by atoms with Crippen molar-refractivity contribution in [2.45, 2.75) is 12.5 Å². The Morgan fingerprint density at radius 3 is 2.17 bits per heavy atom. The number of halogens is 2. The number of carbonyl (C=O) groups is 1. The van der Waals surface area contributed by atoms with Crippen LogP contribution in [0.5, 0.6) is 5.75 Å². The lowest BCUT2D eigenvalue weighted by atomic mass is 9.96. The third-order valence-corrected chi connectivity index (χ3v) is 3.78. The van der Waals surface area contributed by atoms with E-state index in [0.717, 1.165) is 0 Å². The Balaban J connectivity index is 1.83. The zero-order valence-corrected chi connectivity index (χ0v) is 14.1. The molecule has 0 aliphatic heterocycles. The molecular weight excluding hydrogens is 337 g/mol. The Kier molecular flexibility index (Phi) is 5.88. The van der Waals surface area contributed by atoms with Crippen molar-refractivity contribution in [3.05, 3.63) is 64.1 Å². The molecule has 1 unspecified atom stereocenters. The molecule has 0 aliphatic carbocycles. The van der Waals surface area contributed by atoms with Crippen LogP contribution in [0.2, 0.25) is 10.0 Å². The molecule has 0 fully saturated rings. The second-order valence-electron chi connectivity index (χ2n) is 5.30. The van der Waals surface area contributed by atoms with Crippen LogP contribution in [-0.2, 0) is 10.4 Å². The summed E-state index contributed by atoms with van der Waals surface area (Å²) in [5.41, 5.74) is -0.527. The molecule has 1 atom stereocenters. The lowest BCUT2D eigenvalue weighted by Crippen LogP contribution is -2.40. The number of rotatable bonds is 6. The Hall–Kier alpha value is -1.75. The second-order valence-corrected chi connectivity index (χ2v) is 6.17. The highest BCUT2D eigenvalue weighted by Gasteiger charge is 2.23. The van der Waals surface area contributed by atoms with Gasteiger partial charge < -0.3 is 15.2 Å². The maximum atomic E-state index is 11.8. The van der Waals surface area contributed by atoms with Crippen LogP contribution in [0.4, 0.5) is 0 Å². The van der Waals surface area contributed by atoms with Gasteiger partial charge in [-0.1, -0.05) is 35.3 Å². The van der Waals surface area contributed by atoms with E-state index in [2.05, 4.69) is 5.32 Å². The van der Waals surface area contributed by atoms with E-state index < -0.39 is 5.60 Å². The summed E-state index contributed by atoms with van der Waals surface area (Å²) in [5, 5.41) is 14.3. The van der Waals surface area contributed by atoms with Gasteiger partial charge in [0, 0.05) is 10.0 Å². The molecule has 0 saturated heterocycles. The summed E-state index contributed by atoms with van der Waals surface area (Å²) in [6.07, 6.45) is 0. The van der Waals surface area contributed by atoms with Gasteiger partial charge in [-0.05, 0) is 48.9 Å². The molecule has 2 rings (SSSR count). The van der Waals surface area contributed by atoms with E-state index in [0.29, 0.717) is 21.4 Å². The van der Waals surface area contributed by atoms with Crippen molar-refractivity contribution in [1.29, 1.82) is 0 Å². The molecule has 2 N–H and O–H groups in total. The molecular formula is C17H17Cl2NO3. The van der Waals surface area contributed by atoms with E-state index in [4.69, 9.17) is 27.9 Å². The maximum Gasteiger partial charge on any atom is 0.258 e. The highest BCUT2D eigenvalue weighted by atomic mass is 35.5.